The summed E-state index contributed by atoms with van der Waals surface area (Å²) in [5.74, 6) is -0.320. The van der Waals surface area contributed by atoms with E-state index >= 15 is 0 Å². The van der Waals surface area contributed by atoms with Gasteiger partial charge in [-0.25, -0.2) is 9.78 Å². The van der Waals surface area contributed by atoms with Crippen LogP contribution in [0.5, 0.6) is 0 Å². The van der Waals surface area contributed by atoms with Gasteiger partial charge in [-0.1, -0.05) is 67.1 Å². The van der Waals surface area contributed by atoms with Crippen LogP contribution in [-0.4, -0.2) is 41.0 Å². The maximum Gasteiger partial charge on any atom is 0.408 e. The Hall–Kier alpha value is -3.23. The number of thiazole rings is 1. The highest BCUT2D eigenvalue weighted by Crippen LogP contribution is 2.19. The van der Waals surface area contributed by atoms with E-state index in [1.54, 1.807) is 0 Å². The Balaban J connectivity index is 1.36. The second-order valence-electron chi connectivity index (χ2n) is 8.42. The van der Waals surface area contributed by atoms with Crippen LogP contribution in [0.4, 0.5) is 9.93 Å². The molecule has 178 valence electrons. The van der Waals surface area contributed by atoms with Crippen LogP contribution >= 0.6 is 11.3 Å². The first kappa shape index (κ1) is 23.9. The number of piperidine rings is 1. The number of ether oxygens (including phenoxy) is 1. The number of hydrogen-bond donors (Lipinski definition) is 2. The van der Waals surface area contributed by atoms with Gasteiger partial charge in [0.1, 0.15) is 12.6 Å². The van der Waals surface area contributed by atoms with Crippen LogP contribution in [0.2, 0.25) is 0 Å². The van der Waals surface area contributed by atoms with Crippen molar-refractivity contribution in [2.24, 2.45) is 0 Å². The molecule has 1 aliphatic heterocycles. The first-order valence-electron chi connectivity index (χ1n) is 11.6. The molecule has 7 nitrogen and oxygen atoms in total. The Morgan fingerprint density at radius 2 is 1.65 bits per heavy atom. The van der Waals surface area contributed by atoms with Crippen LogP contribution in [-0.2, 0) is 29.1 Å². The summed E-state index contributed by atoms with van der Waals surface area (Å²) in [5, 5.41) is 8.12. The summed E-state index contributed by atoms with van der Waals surface area (Å²) < 4.78 is 5.34. The standard InChI is InChI=1S/C26H30N4O3S/c31-24(29-25-27-22(19-34-25)17-30-14-8-3-9-15-30)23(16-20-10-4-1-5-11-20)28-26(32)33-18-21-12-6-2-7-13-21/h1-2,4-7,10-13,19,23H,3,8-9,14-18H2,(H,28,32)(H,27,29,31). The Kier molecular flexibility index (Phi) is 8.65. The molecule has 3 aromatic rings. The number of likely N-dealkylation sites (tertiary alicyclic amines) is 1. The van der Waals surface area contributed by atoms with E-state index in [9.17, 15) is 9.59 Å². The number of carbonyl (C=O) groups excluding carboxylic acids is 2. The lowest BCUT2D eigenvalue weighted by atomic mass is 10.1. The third kappa shape index (κ3) is 7.40. The second-order valence-corrected chi connectivity index (χ2v) is 9.28. The van der Waals surface area contributed by atoms with E-state index in [1.807, 2.05) is 66.0 Å². The summed E-state index contributed by atoms with van der Waals surface area (Å²) in [6, 6.07) is 18.2. The van der Waals surface area contributed by atoms with Crippen molar-refractivity contribution in [2.45, 2.75) is 44.9 Å². The third-order valence-corrected chi connectivity index (χ3v) is 6.53. The average Bonchev–Trinajstić information content (AvgIpc) is 3.30. The average molecular weight is 479 g/mol. The molecule has 0 bridgehead atoms. The van der Waals surface area contributed by atoms with Crippen molar-refractivity contribution in [3.63, 3.8) is 0 Å². The molecule has 0 radical (unpaired) electrons. The highest BCUT2D eigenvalue weighted by Gasteiger charge is 2.23. The topological polar surface area (TPSA) is 83.6 Å². The van der Waals surface area contributed by atoms with Crippen LogP contribution < -0.4 is 10.6 Å². The zero-order chi connectivity index (χ0) is 23.6. The van der Waals surface area contributed by atoms with Crippen LogP contribution in [0, 0.1) is 0 Å². The number of nitrogens with zero attached hydrogens (tertiary/aromatic N) is 2. The highest BCUT2D eigenvalue weighted by molar-refractivity contribution is 7.13. The van der Waals surface area contributed by atoms with E-state index < -0.39 is 12.1 Å². The van der Waals surface area contributed by atoms with E-state index in [1.165, 1.54) is 30.6 Å². The van der Waals surface area contributed by atoms with Crippen molar-refractivity contribution in [2.75, 3.05) is 18.4 Å². The lowest BCUT2D eigenvalue weighted by molar-refractivity contribution is -0.118. The Morgan fingerprint density at radius 1 is 0.971 bits per heavy atom. The number of rotatable bonds is 9. The molecule has 1 saturated heterocycles. The van der Waals surface area contributed by atoms with Gasteiger partial charge in [0.25, 0.3) is 0 Å². The van der Waals surface area contributed by atoms with Crippen molar-refractivity contribution in [3.8, 4) is 0 Å². The molecule has 1 fully saturated rings. The summed E-state index contributed by atoms with van der Waals surface area (Å²) >= 11 is 1.40. The summed E-state index contributed by atoms with van der Waals surface area (Å²) in [6.45, 7) is 3.11. The number of aromatic nitrogens is 1. The zero-order valence-corrected chi connectivity index (χ0v) is 19.9. The molecule has 0 aliphatic carbocycles. The number of alkyl carbamates (subject to hydrolysis) is 1. The minimum absolute atomic E-state index is 0.138. The Morgan fingerprint density at radius 3 is 2.35 bits per heavy atom. The monoisotopic (exact) mass is 478 g/mol. The maximum atomic E-state index is 13.1. The SMILES string of the molecule is O=C(NC(Cc1ccccc1)C(=O)Nc1nc(CN2CCCCC2)cs1)OCc1ccccc1. The molecule has 2 heterocycles. The number of hydrogen-bond acceptors (Lipinski definition) is 6. The van der Waals surface area contributed by atoms with Gasteiger partial charge < -0.3 is 15.4 Å². The largest absolute Gasteiger partial charge is 0.445 e. The Bertz CT molecular complexity index is 1050. The van der Waals surface area contributed by atoms with Crippen molar-refractivity contribution in [1.29, 1.82) is 0 Å². The summed E-state index contributed by atoms with van der Waals surface area (Å²) in [5.41, 5.74) is 2.78. The minimum atomic E-state index is -0.792. The van der Waals surface area contributed by atoms with Crippen LogP contribution in [0.3, 0.4) is 0 Å². The van der Waals surface area contributed by atoms with E-state index in [-0.39, 0.29) is 12.5 Å². The van der Waals surface area contributed by atoms with Gasteiger partial charge in [0.05, 0.1) is 5.69 Å². The molecule has 1 aromatic heterocycles. The minimum Gasteiger partial charge on any atom is -0.445 e. The maximum absolute atomic E-state index is 13.1. The summed E-state index contributed by atoms with van der Waals surface area (Å²) in [6.07, 6.45) is 3.45. The molecule has 1 atom stereocenters. The highest BCUT2D eigenvalue weighted by atomic mass is 32.1. The van der Waals surface area contributed by atoms with Crippen molar-refractivity contribution < 1.29 is 14.3 Å². The fourth-order valence-corrected chi connectivity index (χ4v) is 4.65. The molecule has 4 rings (SSSR count). The van der Waals surface area contributed by atoms with Gasteiger partial charge >= 0.3 is 6.09 Å². The van der Waals surface area contributed by atoms with Crippen LogP contribution in [0.1, 0.15) is 36.1 Å². The number of amides is 2. The molecule has 2 aromatic carbocycles. The Labute approximate surface area is 204 Å². The number of carbonyl (C=O) groups is 2. The quantitative estimate of drug-likeness (QED) is 0.469. The molecule has 2 N–H and O–H groups in total. The molecular formula is C26H30N4O3S. The number of anilines is 1. The van der Waals surface area contributed by atoms with Crippen molar-refractivity contribution in [3.05, 3.63) is 82.9 Å². The molecule has 2 amide bonds. The smallest absolute Gasteiger partial charge is 0.408 e. The fraction of sp³-hybridized carbons (Fsp3) is 0.346. The zero-order valence-electron chi connectivity index (χ0n) is 19.1. The van der Waals surface area contributed by atoms with E-state index in [4.69, 9.17) is 4.74 Å². The van der Waals surface area contributed by atoms with Gasteiger partial charge in [0.2, 0.25) is 5.91 Å². The predicted octanol–water partition coefficient (Wildman–Crippen LogP) is 4.61. The third-order valence-electron chi connectivity index (χ3n) is 5.72. The van der Waals surface area contributed by atoms with Gasteiger partial charge in [-0.05, 0) is 37.1 Å². The second kappa shape index (κ2) is 12.3. The summed E-state index contributed by atoms with van der Waals surface area (Å²) in [7, 11) is 0. The van der Waals surface area contributed by atoms with E-state index in [0.717, 1.165) is 36.5 Å². The first-order valence-corrected chi connectivity index (χ1v) is 12.5. The molecule has 1 unspecified atom stereocenters. The normalized spacial score (nSPS) is 14.8. The van der Waals surface area contributed by atoms with Gasteiger partial charge in [-0.3, -0.25) is 9.69 Å². The lowest BCUT2D eigenvalue weighted by Gasteiger charge is -2.25. The van der Waals surface area contributed by atoms with Gasteiger partial charge in [-0.2, -0.15) is 0 Å². The van der Waals surface area contributed by atoms with Crippen LogP contribution in [0.25, 0.3) is 0 Å². The lowest BCUT2D eigenvalue weighted by Crippen LogP contribution is -2.45. The van der Waals surface area contributed by atoms with Gasteiger partial charge in [-0.15, -0.1) is 11.3 Å². The molecular weight excluding hydrogens is 448 g/mol. The molecule has 0 spiro atoms. The van der Waals surface area contributed by atoms with Gasteiger partial charge in [0, 0.05) is 18.3 Å². The molecule has 34 heavy (non-hydrogen) atoms. The fourth-order valence-electron chi connectivity index (χ4n) is 3.94. The van der Waals surface area contributed by atoms with Crippen LogP contribution in [0.15, 0.2) is 66.0 Å². The van der Waals surface area contributed by atoms with Gasteiger partial charge in [0.15, 0.2) is 5.13 Å². The molecule has 1 aliphatic rings. The molecule has 0 saturated carbocycles. The van der Waals surface area contributed by atoms with E-state index in [0.29, 0.717) is 11.6 Å². The number of nitrogens with one attached hydrogen (secondary N) is 2. The molecule has 8 heteroatoms. The van der Waals surface area contributed by atoms with E-state index in [2.05, 4.69) is 20.5 Å². The van der Waals surface area contributed by atoms with Crippen molar-refractivity contribution in [1.82, 2.24) is 15.2 Å². The predicted molar refractivity (Wildman–Crippen MR) is 134 cm³/mol. The van der Waals surface area contributed by atoms with Crippen molar-refractivity contribution >= 4 is 28.5 Å². The number of benzene rings is 2. The summed E-state index contributed by atoms with van der Waals surface area (Å²) in [4.78, 5) is 32.6. The first-order chi connectivity index (χ1) is 16.7.